The highest BCUT2D eigenvalue weighted by atomic mass is 19.4. The van der Waals surface area contributed by atoms with Gasteiger partial charge >= 0.3 is 6.18 Å². The van der Waals surface area contributed by atoms with Crippen LogP contribution in [0.15, 0.2) is 30.5 Å². The molecule has 3 amide bonds. The van der Waals surface area contributed by atoms with Gasteiger partial charge in [0, 0.05) is 19.8 Å². The van der Waals surface area contributed by atoms with E-state index < -0.39 is 47.7 Å². The first kappa shape index (κ1) is 29.5. The van der Waals surface area contributed by atoms with Crippen LogP contribution in [0.5, 0.6) is 0 Å². The number of rotatable bonds is 9. The summed E-state index contributed by atoms with van der Waals surface area (Å²) in [4.78, 5) is 39.7. The molecule has 1 heterocycles. The highest BCUT2D eigenvalue weighted by Gasteiger charge is 2.67. The smallest absolute Gasteiger partial charge is 0.339 e. The lowest BCUT2D eigenvalue weighted by Crippen LogP contribution is -2.49. The number of nitrogens with zero attached hydrogens (tertiary/aromatic N) is 3. The lowest BCUT2D eigenvalue weighted by atomic mass is 9.91. The average Bonchev–Trinajstić information content (AvgIpc) is 3.66. The number of carbonyl (C=O) groups is 3. The minimum absolute atomic E-state index is 0.136. The highest BCUT2D eigenvalue weighted by molar-refractivity contribution is 6.00. The molecule has 40 heavy (non-hydrogen) atoms. The van der Waals surface area contributed by atoms with E-state index >= 15 is 4.39 Å². The second kappa shape index (κ2) is 12.0. The number of anilines is 1. The predicted octanol–water partition coefficient (Wildman–Crippen LogP) is 4.85. The molecule has 12 heteroatoms. The van der Waals surface area contributed by atoms with Crippen molar-refractivity contribution in [2.45, 2.75) is 89.0 Å². The van der Waals surface area contributed by atoms with Crippen LogP contribution in [0.1, 0.15) is 74.3 Å². The fourth-order valence-corrected chi connectivity index (χ4v) is 5.47. The minimum Gasteiger partial charge on any atom is -0.339 e. The van der Waals surface area contributed by atoms with Gasteiger partial charge in [0.05, 0.1) is 12.1 Å². The molecule has 2 fully saturated rings. The summed E-state index contributed by atoms with van der Waals surface area (Å²) < 4.78 is 56.7. The largest absolute Gasteiger partial charge is 0.411 e. The molecule has 2 N–H and O–H groups in total. The van der Waals surface area contributed by atoms with Crippen molar-refractivity contribution in [2.24, 2.45) is 5.92 Å². The number of hydrogen-bond donors (Lipinski definition) is 2. The average molecular weight is 566 g/mol. The van der Waals surface area contributed by atoms with Crippen molar-refractivity contribution in [2.75, 3.05) is 12.4 Å². The molecule has 4 rings (SSSR count). The number of halogens is 4. The summed E-state index contributed by atoms with van der Waals surface area (Å²) in [5.74, 6) is -2.74. The van der Waals surface area contributed by atoms with Crippen LogP contribution in [-0.4, -0.2) is 57.2 Å². The lowest BCUT2D eigenvalue weighted by molar-refractivity contribution is -0.196. The third-order valence-corrected chi connectivity index (χ3v) is 8.10. The zero-order valence-corrected chi connectivity index (χ0v) is 22.7. The number of nitrogens with one attached hydrogen (secondary N) is 2. The van der Waals surface area contributed by atoms with Crippen molar-refractivity contribution >= 4 is 23.4 Å². The van der Waals surface area contributed by atoms with Crippen LogP contribution in [0.4, 0.5) is 23.2 Å². The van der Waals surface area contributed by atoms with Crippen molar-refractivity contribution in [3.05, 3.63) is 47.5 Å². The van der Waals surface area contributed by atoms with E-state index in [0.717, 1.165) is 51.6 Å². The monoisotopic (exact) mass is 565 g/mol. The first-order chi connectivity index (χ1) is 19.0. The quantitative estimate of drug-likeness (QED) is 0.336. The number of benzene rings is 1. The first-order valence-corrected chi connectivity index (χ1v) is 13.7. The van der Waals surface area contributed by atoms with Gasteiger partial charge in [-0.3, -0.25) is 19.1 Å². The van der Waals surface area contributed by atoms with E-state index in [1.165, 1.54) is 23.0 Å². The topological polar surface area (TPSA) is 96.3 Å². The molecule has 2 aliphatic rings. The third kappa shape index (κ3) is 6.31. The molecule has 1 aromatic carbocycles. The Bertz CT molecular complexity index is 1230. The first-order valence-electron chi connectivity index (χ1n) is 13.7. The normalized spacial score (nSPS) is 17.9. The van der Waals surface area contributed by atoms with E-state index in [2.05, 4.69) is 15.7 Å². The van der Waals surface area contributed by atoms with Crippen molar-refractivity contribution < 1.29 is 31.9 Å². The Balaban J connectivity index is 1.46. The number of hydrogen-bond acceptors (Lipinski definition) is 4. The van der Waals surface area contributed by atoms with Gasteiger partial charge in [0.1, 0.15) is 23.1 Å². The maximum Gasteiger partial charge on any atom is 0.411 e. The molecule has 2 saturated carbocycles. The van der Waals surface area contributed by atoms with Crippen molar-refractivity contribution in [3.8, 4) is 0 Å². The fourth-order valence-electron chi connectivity index (χ4n) is 5.47. The van der Waals surface area contributed by atoms with E-state index in [1.807, 2.05) is 6.92 Å². The number of alkyl halides is 3. The summed E-state index contributed by atoms with van der Waals surface area (Å²) in [5.41, 5.74) is -1.79. The third-order valence-electron chi connectivity index (χ3n) is 8.10. The van der Waals surface area contributed by atoms with E-state index in [0.29, 0.717) is 17.1 Å². The Morgan fingerprint density at radius 2 is 1.80 bits per heavy atom. The molecule has 8 nitrogen and oxygen atoms in total. The van der Waals surface area contributed by atoms with E-state index in [-0.39, 0.29) is 30.0 Å². The fraction of sp³-hybridized carbons (Fsp3) is 0.571. The Labute approximate surface area is 230 Å². The van der Waals surface area contributed by atoms with Crippen LogP contribution in [0.3, 0.4) is 0 Å². The summed E-state index contributed by atoms with van der Waals surface area (Å²) in [5, 5.41) is 9.51. The second-order valence-electron chi connectivity index (χ2n) is 10.7. The highest BCUT2D eigenvalue weighted by Crippen LogP contribution is 2.53. The molecule has 0 spiro atoms. The minimum atomic E-state index is -4.53. The van der Waals surface area contributed by atoms with Gasteiger partial charge in [0.2, 0.25) is 11.8 Å². The summed E-state index contributed by atoms with van der Waals surface area (Å²) in [6.07, 6.45) is 1.63. The van der Waals surface area contributed by atoms with Gasteiger partial charge in [-0.25, -0.2) is 4.39 Å². The second-order valence-corrected chi connectivity index (χ2v) is 10.7. The maximum atomic E-state index is 15.0. The molecule has 0 unspecified atom stereocenters. The Morgan fingerprint density at radius 1 is 1.12 bits per heavy atom. The maximum absolute atomic E-state index is 15.0. The molecule has 218 valence electrons. The van der Waals surface area contributed by atoms with Crippen molar-refractivity contribution in [1.82, 2.24) is 20.0 Å². The molecule has 1 atom stereocenters. The number of carbonyl (C=O) groups excluding carboxylic acids is 3. The van der Waals surface area contributed by atoms with E-state index in [9.17, 15) is 27.6 Å². The molecule has 0 bridgehead atoms. The molecule has 0 aliphatic heterocycles. The number of likely N-dealkylation sites (N-methyl/N-ethyl adjacent to an activating group) is 1. The van der Waals surface area contributed by atoms with Crippen LogP contribution in [0.2, 0.25) is 0 Å². The summed E-state index contributed by atoms with van der Waals surface area (Å²) >= 11 is 0. The number of aryl methyl sites for hydroxylation is 1. The van der Waals surface area contributed by atoms with Crippen molar-refractivity contribution in [1.29, 1.82) is 0 Å². The Hall–Kier alpha value is -3.44. The lowest BCUT2D eigenvalue weighted by Gasteiger charge is -2.30. The van der Waals surface area contributed by atoms with Gasteiger partial charge in [-0.2, -0.15) is 18.3 Å². The number of aromatic nitrogens is 2. The van der Waals surface area contributed by atoms with Crippen LogP contribution in [-0.2, 0) is 22.6 Å². The van der Waals surface area contributed by atoms with Gasteiger partial charge in [0.25, 0.3) is 5.91 Å². The van der Waals surface area contributed by atoms with Gasteiger partial charge in [0.15, 0.2) is 0 Å². The molecule has 2 aromatic rings. The van der Waals surface area contributed by atoms with Crippen LogP contribution < -0.4 is 10.6 Å². The molecule has 1 aromatic heterocycles. The summed E-state index contributed by atoms with van der Waals surface area (Å²) in [7, 11) is 1.11. The van der Waals surface area contributed by atoms with Gasteiger partial charge < -0.3 is 15.5 Å². The standard InChI is InChI=1S/C28H35F4N5O3/c1-3-37-22(12-15-33-37)25(39)35-24(19-8-6-4-5-7-9-19)26(40)34-21-11-10-18(16-20(21)29)17-23(38)36(2)27(13-14-27)28(30,31)32/h10-12,15-16,19,24H,3-9,13-14,17H2,1-2H3,(H,34,40)(H,35,39)/t24-/m0/s1. The molecule has 0 saturated heterocycles. The van der Waals surface area contributed by atoms with E-state index in [1.54, 1.807) is 6.07 Å². The zero-order chi connectivity index (χ0) is 29.1. The summed E-state index contributed by atoms with van der Waals surface area (Å²) in [6, 6.07) is 4.38. The predicted molar refractivity (Wildman–Crippen MR) is 140 cm³/mol. The zero-order valence-electron chi connectivity index (χ0n) is 22.7. The van der Waals surface area contributed by atoms with Gasteiger partial charge in [-0.05, 0) is 62.3 Å². The molecular formula is C28H35F4N5O3. The van der Waals surface area contributed by atoms with Crippen LogP contribution in [0.25, 0.3) is 0 Å². The summed E-state index contributed by atoms with van der Waals surface area (Å²) in [6.45, 7) is 2.32. The number of amides is 3. The molecule has 0 radical (unpaired) electrons. The van der Waals surface area contributed by atoms with E-state index in [4.69, 9.17) is 0 Å². The van der Waals surface area contributed by atoms with Crippen LogP contribution >= 0.6 is 0 Å². The van der Waals surface area contributed by atoms with Crippen LogP contribution in [0, 0.1) is 11.7 Å². The van der Waals surface area contributed by atoms with Gasteiger partial charge in [-0.1, -0.05) is 31.7 Å². The molecule has 2 aliphatic carbocycles. The SMILES string of the molecule is CCn1nccc1C(=O)N[C@H](C(=O)Nc1ccc(CC(=O)N(C)C2(C(F)(F)F)CC2)cc1F)C1CCCCCC1. The Kier molecular flexibility index (Phi) is 8.84. The molecular weight excluding hydrogens is 530 g/mol. The van der Waals surface area contributed by atoms with Gasteiger partial charge in [-0.15, -0.1) is 0 Å². The Morgan fingerprint density at radius 3 is 2.38 bits per heavy atom. The van der Waals surface area contributed by atoms with Crippen molar-refractivity contribution in [3.63, 3.8) is 0 Å².